The zero-order chi connectivity index (χ0) is 12.7. The molecule has 4 nitrogen and oxygen atoms in total. The minimum Gasteiger partial charge on any atom is -0.497 e. The van der Waals surface area contributed by atoms with Crippen LogP contribution < -0.4 is 10.1 Å². The molecule has 1 aromatic carbocycles. The maximum absolute atomic E-state index is 12.0. The molecule has 0 bridgehead atoms. The Morgan fingerprint density at radius 1 is 1.47 bits per heavy atom. The first kappa shape index (κ1) is 13.7. The zero-order valence-corrected chi connectivity index (χ0v) is 10.7. The van der Waals surface area contributed by atoms with Crippen molar-refractivity contribution in [3.8, 4) is 5.75 Å². The minimum atomic E-state index is 0.113. The monoisotopic (exact) mass is 236 g/mol. The van der Waals surface area contributed by atoms with Crippen molar-refractivity contribution in [3.63, 3.8) is 0 Å². The average molecular weight is 236 g/mol. The fraction of sp³-hybridized carbons (Fsp3) is 0.462. The van der Waals surface area contributed by atoms with Gasteiger partial charge in [0.05, 0.1) is 13.7 Å². The van der Waals surface area contributed by atoms with Gasteiger partial charge in [-0.25, -0.2) is 0 Å². The number of nitrogens with one attached hydrogen (secondary N) is 1. The summed E-state index contributed by atoms with van der Waals surface area (Å²) in [5.74, 6) is 0.830. The number of carbonyl (C=O) groups excluding carboxylic acids is 1. The van der Waals surface area contributed by atoms with Crippen LogP contribution >= 0.6 is 0 Å². The van der Waals surface area contributed by atoms with Crippen molar-refractivity contribution in [2.24, 2.45) is 0 Å². The Morgan fingerprint density at radius 2 is 2.24 bits per heavy atom. The number of ketones is 1. The zero-order valence-electron chi connectivity index (χ0n) is 10.7. The van der Waals surface area contributed by atoms with Gasteiger partial charge in [0.1, 0.15) is 5.75 Å². The second kappa shape index (κ2) is 7.04. The molecule has 4 heteroatoms. The van der Waals surface area contributed by atoms with Crippen LogP contribution in [-0.2, 0) is 0 Å². The van der Waals surface area contributed by atoms with E-state index in [0.29, 0.717) is 17.9 Å². The highest BCUT2D eigenvalue weighted by Crippen LogP contribution is 2.13. The highest BCUT2D eigenvalue weighted by molar-refractivity contribution is 5.97. The van der Waals surface area contributed by atoms with Crippen LogP contribution in [0.25, 0.3) is 0 Å². The van der Waals surface area contributed by atoms with Crippen LogP contribution in [0, 0.1) is 0 Å². The number of hydrogen-bond acceptors (Lipinski definition) is 4. The first-order valence-corrected chi connectivity index (χ1v) is 5.67. The lowest BCUT2D eigenvalue weighted by Gasteiger charge is -2.15. The van der Waals surface area contributed by atoms with Crippen molar-refractivity contribution < 1.29 is 9.53 Å². The smallest absolute Gasteiger partial charge is 0.176 e. The third-order valence-corrected chi connectivity index (χ3v) is 2.55. The fourth-order valence-electron chi connectivity index (χ4n) is 1.51. The molecule has 0 aromatic heterocycles. The second-order valence-electron chi connectivity index (χ2n) is 4.00. The highest BCUT2D eigenvalue weighted by atomic mass is 16.5. The van der Waals surface area contributed by atoms with Gasteiger partial charge < -0.3 is 10.1 Å². The summed E-state index contributed by atoms with van der Waals surface area (Å²) in [5, 5.41) is 3.06. The molecule has 1 rings (SSSR count). The Kier molecular flexibility index (Phi) is 5.66. The van der Waals surface area contributed by atoms with Crippen molar-refractivity contribution in [2.75, 3.05) is 40.8 Å². The number of ether oxygens (including phenoxy) is 1. The second-order valence-corrected chi connectivity index (χ2v) is 4.00. The summed E-state index contributed by atoms with van der Waals surface area (Å²) in [5.41, 5.74) is 0.695. The molecule has 0 heterocycles. The standard InChI is InChI=1S/C13H20N2O2/c1-14-7-8-15(2)10-13(16)11-5-4-6-12(9-11)17-3/h4-6,9,14H,7-8,10H2,1-3H3. The van der Waals surface area contributed by atoms with Gasteiger partial charge in [-0.3, -0.25) is 9.69 Å². The number of hydrogen-bond donors (Lipinski definition) is 1. The molecule has 0 aliphatic rings. The van der Waals surface area contributed by atoms with Crippen LogP contribution in [0.15, 0.2) is 24.3 Å². The molecule has 0 amide bonds. The maximum Gasteiger partial charge on any atom is 0.176 e. The van der Waals surface area contributed by atoms with Crippen LogP contribution in [0.3, 0.4) is 0 Å². The van der Waals surface area contributed by atoms with E-state index in [1.807, 2.05) is 37.2 Å². The highest BCUT2D eigenvalue weighted by Gasteiger charge is 2.09. The van der Waals surface area contributed by atoms with Crippen molar-refractivity contribution in [1.29, 1.82) is 0 Å². The molecule has 0 unspecified atom stereocenters. The Balaban J connectivity index is 2.56. The summed E-state index contributed by atoms with van der Waals surface area (Å²) in [6, 6.07) is 7.26. The summed E-state index contributed by atoms with van der Waals surface area (Å²) in [6.45, 7) is 2.16. The first-order chi connectivity index (χ1) is 8.17. The van der Waals surface area contributed by atoms with Gasteiger partial charge in [0.15, 0.2) is 5.78 Å². The minimum absolute atomic E-state index is 0.113. The quantitative estimate of drug-likeness (QED) is 0.718. The summed E-state index contributed by atoms with van der Waals surface area (Å²) < 4.78 is 5.10. The Morgan fingerprint density at radius 3 is 2.88 bits per heavy atom. The Bertz CT molecular complexity index is 366. The predicted octanol–water partition coefficient (Wildman–Crippen LogP) is 1.03. The molecule has 0 fully saturated rings. The van der Waals surface area contributed by atoms with Crippen molar-refractivity contribution in [1.82, 2.24) is 10.2 Å². The van der Waals surface area contributed by atoms with E-state index in [1.165, 1.54) is 0 Å². The van der Waals surface area contributed by atoms with Gasteiger partial charge in [-0.1, -0.05) is 12.1 Å². The van der Waals surface area contributed by atoms with Gasteiger partial charge in [-0.15, -0.1) is 0 Å². The summed E-state index contributed by atoms with van der Waals surface area (Å²) in [7, 11) is 5.44. The molecule has 1 N–H and O–H groups in total. The summed E-state index contributed by atoms with van der Waals surface area (Å²) in [6.07, 6.45) is 0. The van der Waals surface area contributed by atoms with Crippen LogP contribution in [0.5, 0.6) is 5.75 Å². The molecule has 94 valence electrons. The average Bonchev–Trinajstić information content (AvgIpc) is 2.36. The van der Waals surface area contributed by atoms with E-state index in [2.05, 4.69) is 5.32 Å². The molecule has 17 heavy (non-hydrogen) atoms. The number of methoxy groups -OCH3 is 1. The maximum atomic E-state index is 12.0. The molecule has 0 radical (unpaired) electrons. The SMILES string of the molecule is CNCCN(C)CC(=O)c1cccc(OC)c1. The lowest BCUT2D eigenvalue weighted by Crippen LogP contribution is -2.31. The molecular weight excluding hydrogens is 216 g/mol. The van der Waals surface area contributed by atoms with E-state index in [9.17, 15) is 4.79 Å². The molecule has 0 saturated carbocycles. The van der Waals surface area contributed by atoms with E-state index in [4.69, 9.17) is 4.74 Å². The normalized spacial score (nSPS) is 10.6. The van der Waals surface area contributed by atoms with Crippen molar-refractivity contribution in [3.05, 3.63) is 29.8 Å². The fourth-order valence-corrected chi connectivity index (χ4v) is 1.51. The van der Waals surface area contributed by atoms with E-state index in [0.717, 1.165) is 13.1 Å². The molecule has 0 saturated heterocycles. The number of carbonyl (C=O) groups is 1. The number of Topliss-reactive ketones (excluding diaryl/α,β-unsaturated/α-hetero) is 1. The first-order valence-electron chi connectivity index (χ1n) is 5.67. The third kappa shape index (κ3) is 4.54. The van der Waals surface area contributed by atoms with E-state index < -0.39 is 0 Å². The van der Waals surface area contributed by atoms with E-state index in [1.54, 1.807) is 13.2 Å². The number of nitrogens with zero attached hydrogens (tertiary/aromatic N) is 1. The largest absolute Gasteiger partial charge is 0.497 e. The van der Waals surface area contributed by atoms with Crippen molar-refractivity contribution in [2.45, 2.75) is 0 Å². The lowest BCUT2D eigenvalue weighted by atomic mass is 10.1. The van der Waals surface area contributed by atoms with Crippen LogP contribution in [0.4, 0.5) is 0 Å². The third-order valence-electron chi connectivity index (χ3n) is 2.55. The molecule has 0 aliphatic carbocycles. The van der Waals surface area contributed by atoms with E-state index >= 15 is 0 Å². The molecule has 1 aromatic rings. The van der Waals surface area contributed by atoms with Crippen LogP contribution in [-0.4, -0.2) is 51.5 Å². The Labute approximate surface area is 103 Å². The van der Waals surface area contributed by atoms with Crippen LogP contribution in [0.2, 0.25) is 0 Å². The number of benzene rings is 1. The van der Waals surface area contributed by atoms with Gasteiger partial charge in [-0.2, -0.15) is 0 Å². The van der Waals surface area contributed by atoms with Gasteiger partial charge in [-0.05, 0) is 26.2 Å². The van der Waals surface area contributed by atoms with Crippen LogP contribution in [0.1, 0.15) is 10.4 Å². The van der Waals surface area contributed by atoms with Crippen molar-refractivity contribution >= 4 is 5.78 Å². The van der Waals surface area contributed by atoms with Gasteiger partial charge in [0, 0.05) is 18.7 Å². The van der Waals surface area contributed by atoms with Gasteiger partial charge in [0.2, 0.25) is 0 Å². The van der Waals surface area contributed by atoms with E-state index in [-0.39, 0.29) is 5.78 Å². The summed E-state index contributed by atoms with van der Waals surface area (Å²) >= 11 is 0. The predicted molar refractivity (Wildman–Crippen MR) is 68.7 cm³/mol. The topological polar surface area (TPSA) is 41.6 Å². The molecule has 0 aliphatic heterocycles. The molecule has 0 atom stereocenters. The van der Waals surface area contributed by atoms with Gasteiger partial charge in [0.25, 0.3) is 0 Å². The summed E-state index contributed by atoms with van der Waals surface area (Å²) in [4.78, 5) is 14.0. The molecule has 0 spiro atoms. The number of likely N-dealkylation sites (N-methyl/N-ethyl adjacent to an activating group) is 2. The lowest BCUT2D eigenvalue weighted by molar-refractivity contribution is 0.0946. The number of rotatable bonds is 7. The van der Waals surface area contributed by atoms with Gasteiger partial charge >= 0.3 is 0 Å². The molecular formula is C13H20N2O2. The Hall–Kier alpha value is -1.39.